The quantitative estimate of drug-likeness (QED) is 0.738. The van der Waals surface area contributed by atoms with Crippen LogP contribution in [0.3, 0.4) is 0 Å². The predicted octanol–water partition coefficient (Wildman–Crippen LogP) is 3.11. The maximum atomic E-state index is 13.3. The monoisotopic (exact) mass is 385 g/mol. The third kappa shape index (κ3) is 3.90. The Morgan fingerprint density at radius 3 is 2.46 bits per heavy atom. The number of amides is 3. The lowest BCUT2D eigenvalue weighted by molar-refractivity contribution is -0.113. The Balaban J connectivity index is 1.94. The van der Waals surface area contributed by atoms with Crippen LogP contribution in [0.15, 0.2) is 53.7 Å². The van der Waals surface area contributed by atoms with Crippen LogP contribution < -0.4 is 25.4 Å². The third-order valence-electron chi connectivity index (χ3n) is 4.37. The van der Waals surface area contributed by atoms with Crippen LogP contribution in [-0.4, -0.2) is 26.2 Å². The van der Waals surface area contributed by atoms with Gasteiger partial charge in [-0.15, -0.1) is 0 Å². The average molecular weight is 385 g/mol. The van der Waals surface area contributed by atoms with Crippen molar-refractivity contribution in [1.29, 1.82) is 0 Å². The normalized spacial score (nSPS) is 16.1. The SMILES string of the molecule is COc1ccc(NC(=O)C2=C(C)NC(=O)N[C@H]2c2ccc(F)cc2)c(OC)c1. The molecule has 0 unspecified atom stereocenters. The number of halogens is 1. The molecule has 7 nitrogen and oxygen atoms in total. The molecule has 3 N–H and O–H groups in total. The number of hydrogen-bond donors (Lipinski definition) is 3. The number of carbonyl (C=O) groups excluding carboxylic acids is 2. The van der Waals surface area contributed by atoms with Crippen molar-refractivity contribution in [2.75, 3.05) is 19.5 Å². The number of methoxy groups -OCH3 is 2. The molecule has 1 aliphatic heterocycles. The molecule has 0 saturated heterocycles. The molecular weight excluding hydrogens is 365 g/mol. The van der Waals surface area contributed by atoms with Crippen molar-refractivity contribution in [3.63, 3.8) is 0 Å². The van der Waals surface area contributed by atoms with Gasteiger partial charge in [-0.05, 0) is 36.8 Å². The van der Waals surface area contributed by atoms with Gasteiger partial charge in [0.15, 0.2) is 0 Å². The first-order valence-corrected chi connectivity index (χ1v) is 8.50. The summed E-state index contributed by atoms with van der Waals surface area (Å²) in [5.74, 6) is 0.180. The summed E-state index contributed by atoms with van der Waals surface area (Å²) < 4.78 is 23.7. The zero-order valence-corrected chi connectivity index (χ0v) is 15.6. The van der Waals surface area contributed by atoms with E-state index in [4.69, 9.17) is 9.47 Å². The Labute approximate surface area is 161 Å². The Hall–Kier alpha value is -3.55. The van der Waals surface area contributed by atoms with Gasteiger partial charge in [0.2, 0.25) is 0 Å². The fourth-order valence-corrected chi connectivity index (χ4v) is 2.99. The lowest BCUT2D eigenvalue weighted by Gasteiger charge is -2.28. The Kier molecular flexibility index (Phi) is 5.49. The number of benzene rings is 2. The molecule has 0 saturated carbocycles. The van der Waals surface area contributed by atoms with Gasteiger partial charge in [-0.25, -0.2) is 9.18 Å². The van der Waals surface area contributed by atoms with E-state index >= 15 is 0 Å². The molecule has 28 heavy (non-hydrogen) atoms. The van der Waals surface area contributed by atoms with Gasteiger partial charge >= 0.3 is 6.03 Å². The van der Waals surface area contributed by atoms with Crippen molar-refractivity contribution in [2.24, 2.45) is 0 Å². The number of urea groups is 1. The number of rotatable bonds is 5. The molecule has 3 amide bonds. The Morgan fingerprint density at radius 2 is 1.82 bits per heavy atom. The molecule has 0 aliphatic carbocycles. The highest BCUT2D eigenvalue weighted by Gasteiger charge is 2.31. The summed E-state index contributed by atoms with van der Waals surface area (Å²) in [5.41, 5.74) is 1.75. The van der Waals surface area contributed by atoms with E-state index < -0.39 is 23.8 Å². The maximum Gasteiger partial charge on any atom is 0.319 e. The first-order valence-electron chi connectivity index (χ1n) is 8.50. The molecule has 1 atom stereocenters. The summed E-state index contributed by atoms with van der Waals surface area (Å²) >= 11 is 0. The molecule has 2 aromatic carbocycles. The fourth-order valence-electron chi connectivity index (χ4n) is 2.99. The molecule has 0 aromatic heterocycles. The van der Waals surface area contributed by atoms with E-state index in [2.05, 4.69) is 16.0 Å². The molecule has 0 radical (unpaired) electrons. The number of carbonyl (C=O) groups is 2. The van der Waals surface area contributed by atoms with Crippen molar-refractivity contribution in [1.82, 2.24) is 10.6 Å². The van der Waals surface area contributed by atoms with Gasteiger partial charge in [0.25, 0.3) is 5.91 Å². The lowest BCUT2D eigenvalue weighted by Crippen LogP contribution is -2.46. The van der Waals surface area contributed by atoms with Crippen molar-refractivity contribution in [3.8, 4) is 11.5 Å². The van der Waals surface area contributed by atoms with Gasteiger partial charge in [0.1, 0.15) is 17.3 Å². The minimum absolute atomic E-state index is 0.309. The molecule has 0 bridgehead atoms. The maximum absolute atomic E-state index is 13.3. The van der Waals surface area contributed by atoms with Crippen LogP contribution in [0.1, 0.15) is 18.5 Å². The second-order valence-corrected chi connectivity index (χ2v) is 6.14. The topological polar surface area (TPSA) is 88.7 Å². The van der Waals surface area contributed by atoms with E-state index in [0.29, 0.717) is 34.0 Å². The van der Waals surface area contributed by atoms with Crippen molar-refractivity contribution in [3.05, 3.63) is 65.1 Å². The summed E-state index contributed by atoms with van der Waals surface area (Å²) in [4.78, 5) is 25.0. The van der Waals surface area contributed by atoms with Crippen molar-refractivity contribution in [2.45, 2.75) is 13.0 Å². The molecule has 0 fully saturated rings. The van der Waals surface area contributed by atoms with Crippen LogP contribution in [-0.2, 0) is 4.79 Å². The summed E-state index contributed by atoms with van der Waals surface area (Å²) in [7, 11) is 3.02. The smallest absolute Gasteiger partial charge is 0.319 e. The highest BCUT2D eigenvalue weighted by Crippen LogP contribution is 2.32. The Morgan fingerprint density at radius 1 is 1.11 bits per heavy atom. The molecule has 2 aromatic rings. The van der Waals surface area contributed by atoms with Gasteiger partial charge in [-0.2, -0.15) is 0 Å². The summed E-state index contributed by atoms with van der Waals surface area (Å²) in [6, 6.07) is 9.45. The molecule has 3 rings (SSSR count). The minimum Gasteiger partial charge on any atom is -0.497 e. The van der Waals surface area contributed by atoms with E-state index in [1.807, 2.05) is 0 Å². The molecule has 1 aliphatic rings. The zero-order chi connectivity index (χ0) is 20.3. The van der Waals surface area contributed by atoms with Crippen LogP contribution in [0.4, 0.5) is 14.9 Å². The van der Waals surface area contributed by atoms with Crippen LogP contribution in [0.2, 0.25) is 0 Å². The average Bonchev–Trinajstić information content (AvgIpc) is 2.68. The van der Waals surface area contributed by atoms with E-state index in [-0.39, 0.29) is 0 Å². The molecule has 1 heterocycles. The number of allylic oxidation sites excluding steroid dienone is 1. The van der Waals surface area contributed by atoms with Crippen LogP contribution in [0, 0.1) is 5.82 Å². The van der Waals surface area contributed by atoms with E-state index in [9.17, 15) is 14.0 Å². The van der Waals surface area contributed by atoms with Crippen LogP contribution in [0.5, 0.6) is 11.5 Å². The van der Waals surface area contributed by atoms with Crippen LogP contribution >= 0.6 is 0 Å². The second-order valence-electron chi connectivity index (χ2n) is 6.14. The minimum atomic E-state index is -0.724. The highest BCUT2D eigenvalue weighted by atomic mass is 19.1. The number of nitrogens with one attached hydrogen (secondary N) is 3. The van der Waals surface area contributed by atoms with Gasteiger partial charge in [-0.1, -0.05) is 12.1 Å². The van der Waals surface area contributed by atoms with Crippen LogP contribution in [0.25, 0.3) is 0 Å². The summed E-state index contributed by atoms with van der Waals surface area (Å²) in [6.45, 7) is 1.63. The second kappa shape index (κ2) is 7.99. The highest BCUT2D eigenvalue weighted by molar-refractivity contribution is 6.07. The van der Waals surface area contributed by atoms with Crippen molar-refractivity contribution >= 4 is 17.6 Å². The molecule has 0 spiro atoms. The number of anilines is 1. The van der Waals surface area contributed by atoms with Crippen molar-refractivity contribution < 1.29 is 23.5 Å². The van der Waals surface area contributed by atoms with Gasteiger partial charge in [0, 0.05) is 11.8 Å². The summed E-state index contributed by atoms with van der Waals surface area (Å²) in [6.07, 6.45) is 0. The molecule has 8 heteroatoms. The fraction of sp³-hybridized carbons (Fsp3) is 0.200. The standard InChI is InChI=1S/C20H20FN3O4/c1-11-17(18(24-20(26)22-11)12-4-6-13(21)7-5-12)19(25)23-15-9-8-14(27-2)10-16(15)28-3/h4-10,18H,1-3H3,(H,23,25)(H2,22,24,26)/t18-/m0/s1. The Bertz CT molecular complexity index is 941. The predicted molar refractivity (Wildman–Crippen MR) is 102 cm³/mol. The number of ether oxygens (including phenoxy) is 2. The summed E-state index contributed by atoms with van der Waals surface area (Å²) in [5, 5.41) is 8.10. The first-order chi connectivity index (χ1) is 13.4. The number of hydrogen-bond acceptors (Lipinski definition) is 4. The van der Waals surface area contributed by atoms with Gasteiger partial charge in [0.05, 0.1) is 31.5 Å². The van der Waals surface area contributed by atoms with E-state index in [1.54, 1.807) is 25.1 Å². The largest absolute Gasteiger partial charge is 0.497 e. The zero-order valence-electron chi connectivity index (χ0n) is 15.6. The van der Waals surface area contributed by atoms with E-state index in [0.717, 1.165) is 0 Å². The molecule has 146 valence electrons. The molecular formula is C20H20FN3O4. The van der Waals surface area contributed by atoms with Gasteiger partial charge in [-0.3, -0.25) is 4.79 Å². The first kappa shape index (κ1) is 19.2. The van der Waals surface area contributed by atoms with Gasteiger partial charge < -0.3 is 25.4 Å². The van der Waals surface area contributed by atoms with E-state index in [1.165, 1.54) is 38.5 Å². The lowest BCUT2D eigenvalue weighted by atomic mass is 9.95. The third-order valence-corrected chi connectivity index (χ3v) is 4.37.